The fourth-order valence-electron chi connectivity index (χ4n) is 1.65. The highest BCUT2D eigenvalue weighted by Gasteiger charge is 2.44. The zero-order chi connectivity index (χ0) is 12.6. The van der Waals surface area contributed by atoms with Crippen LogP contribution in [0, 0.1) is 5.41 Å². The minimum Gasteiger partial charge on any atom is -0.394 e. The lowest BCUT2D eigenvalue weighted by molar-refractivity contribution is -0.0251. The second-order valence-corrected chi connectivity index (χ2v) is 3.72. The Labute approximate surface area is 108 Å². The average Bonchev–Trinajstić information content (AvgIpc) is 2.87. The first-order chi connectivity index (χ1) is 8.04. The molecule has 1 aromatic rings. The van der Waals surface area contributed by atoms with Gasteiger partial charge in [0.05, 0.1) is 6.61 Å². The highest BCUT2D eigenvalue weighted by Crippen LogP contribution is 2.31. The Morgan fingerprint density at radius 3 is 2.56 bits per heavy atom. The number of aliphatic hydroxyl groups is 3. The first kappa shape index (κ1) is 14.8. The maximum atomic E-state index is 9.70. The van der Waals surface area contributed by atoms with Crippen LogP contribution in [-0.4, -0.2) is 61.3 Å². The van der Waals surface area contributed by atoms with Gasteiger partial charge in [0.25, 0.3) is 0 Å². The number of ether oxygens (including phenoxy) is 1. The summed E-state index contributed by atoms with van der Waals surface area (Å²) < 4.78 is 5.22. The van der Waals surface area contributed by atoms with Gasteiger partial charge in [-0.2, -0.15) is 5.10 Å². The summed E-state index contributed by atoms with van der Waals surface area (Å²) in [5.41, 5.74) is 5.19. The van der Waals surface area contributed by atoms with Crippen molar-refractivity contribution in [1.82, 2.24) is 15.2 Å². The zero-order valence-corrected chi connectivity index (χ0v) is 9.96. The number of nitrogen functional groups attached to an aromatic ring is 1. The van der Waals surface area contributed by atoms with Crippen molar-refractivity contribution in [1.29, 1.82) is 5.41 Å². The number of amidine groups is 1. The maximum Gasteiger partial charge on any atom is 0.215 e. The zero-order valence-electron chi connectivity index (χ0n) is 9.15. The molecule has 1 aliphatic rings. The topological polar surface area (TPSA) is 161 Å². The van der Waals surface area contributed by atoms with Crippen molar-refractivity contribution in [2.24, 2.45) is 5.73 Å². The van der Waals surface area contributed by atoms with Crippen LogP contribution in [0.3, 0.4) is 0 Å². The molecule has 0 amide bonds. The quantitative estimate of drug-likeness (QED) is 0.267. The Kier molecular flexibility index (Phi) is 4.59. The Hall–Kier alpha value is -1.26. The molecule has 7 N–H and O–H groups in total. The molecule has 1 saturated heterocycles. The first-order valence-electron chi connectivity index (χ1n) is 4.93. The fourth-order valence-corrected chi connectivity index (χ4v) is 1.65. The minimum atomic E-state index is -1.22. The first-order valence-corrected chi connectivity index (χ1v) is 4.93. The van der Waals surface area contributed by atoms with E-state index in [2.05, 4.69) is 15.2 Å². The Morgan fingerprint density at radius 2 is 2.11 bits per heavy atom. The monoisotopic (exact) mass is 279 g/mol. The van der Waals surface area contributed by atoms with Crippen molar-refractivity contribution in [2.75, 3.05) is 6.61 Å². The molecule has 10 heteroatoms. The molecular formula is C8H14ClN5O4. The van der Waals surface area contributed by atoms with E-state index in [0.29, 0.717) is 0 Å². The van der Waals surface area contributed by atoms with Gasteiger partial charge in [0, 0.05) is 0 Å². The largest absolute Gasteiger partial charge is 0.394 e. The van der Waals surface area contributed by atoms with E-state index in [9.17, 15) is 10.2 Å². The molecule has 0 aliphatic carbocycles. The van der Waals surface area contributed by atoms with E-state index in [1.165, 1.54) is 0 Å². The molecule has 0 saturated carbocycles. The second-order valence-electron chi connectivity index (χ2n) is 3.72. The second kappa shape index (κ2) is 5.59. The smallest absolute Gasteiger partial charge is 0.215 e. The number of nitrogens with one attached hydrogen (secondary N) is 2. The standard InChI is InChI=1S/C8H13N5O4.ClH/c9-6(10)8-11-7(12-13-8)5-4(16)3(15)2(1-14)17-5;/h2-5,14-16H,1H2,(H3,9,10)(H,11,12,13);1H/t2-,3-,4-,5-;/m1./s1. The normalized spacial score (nSPS) is 31.1. The number of hydrogen-bond donors (Lipinski definition) is 6. The summed E-state index contributed by atoms with van der Waals surface area (Å²) in [6.07, 6.45) is -4.22. The number of hydrogen-bond acceptors (Lipinski definition) is 7. The number of aromatic nitrogens is 3. The van der Waals surface area contributed by atoms with E-state index in [0.717, 1.165) is 0 Å². The molecule has 9 nitrogen and oxygen atoms in total. The highest BCUT2D eigenvalue weighted by molar-refractivity contribution is 5.90. The Bertz CT molecular complexity index is 427. The third kappa shape index (κ3) is 2.44. The van der Waals surface area contributed by atoms with Crippen molar-refractivity contribution in [3.63, 3.8) is 0 Å². The van der Waals surface area contributed by atoms with Gasteiger partial charge in [0.1, 0.15) is 24.4 Å². The number of aliphatic hydroxyl groups excluding tert-OH is 3. The molecule has 1 fully saturated rings. The van der Waals surface area contributed by atoms with E-state index in [4.69, 9.17) is 21.0 Å². The number of rotatable bonds is 3. The third-order valence-electron chi connectivity index (χ3n) is 2.56. The fraction of sp³-hybridized carbons (Fsp3) is 0.625. The molecule has 0 unspecified atom stereocenters. The van der Waals surface area contributed by atoms with Crippen LogP contribution < -0.4 is 5.73 Å². The van der Waals surface area contributed by atoms with Crippen molar-refractivity contribution in [2.45, 2.75) is 24.4 Å². The summed E-state index contributed by atoms with van der Waals surface area (Å²) in [4.78, 5) is 3.85. The number of H-pyrrole nitrogens is 1. The molecular weight excluding hydrogens is 266 g/mol. The van der Waals surface area contributed by atoms with Crippen LogP contribution in [0.2, 0.25) is 0 Å². The summed E-state index contributed by atoms with van der Waals surface area (Å²) in [5.74, 6) is -0.185. The number of nitrogens with two attached hydrogens (primary N) is 1. The van der Waals surface area contributed by atoms with Crippen LogP contribution in [0.1, 0.15) is 17.8 Å². The number of nitrogens with zero attached hydrogens (tertiary/aromatic N) is 2. The average molecular weight is 280 g/mol. The van der Waals surface area contributed by atoms with Crippen molar-refractivity contribution in [3.05, 3.63) is 11.6 Å². The molecule has 1 aliphatic heterocycles. The summed E-state index contributed by atoms with van der Waals surface area (Å²) in [6.45, 7) is -0.414. The molecule has 1 aromatic heterocycles. The minimum absolute atomic E-state index is 0. The lowest BCUT2D eigenvalue weighted by atomic mass is 10.1. The molecule has 0 aromatic carbocycles. The van der Waals surface area contributed by atoms with Crippen LogP contribution in [0.15, 0.2) is 0 Å². The van der Waals surface area contributed by atoms with Gasteiger partial charge in [-0.15, -0.1) is 12.4 Å². The molecule has 0 spiro atoms. The predicted molar refractivity (Wildman–Crippen MR) is 61.4 cm³/mol. The van der Waals surface area contributed by atoms with Crippen LogP contribution in [0.4, 0.5) is 0 Å². The van der Waals surface area contributed by atoms with Gasteiger partial charge in [0.2, 0.25) is 5.82 Å². The number of aromatic amines is 1. The Morgan fingerprint density at radius 1 is 1.44 bits per heavy atom. The van der Waals surface area contributed by atoms with E-state index >= 15 is 0 Å². The molecule has 2 rings (SSSR count). The van der Waals surface area contributed by atoms with Crippen LogP contribution >= 0.6 is 12.4 Å². The van der Waals surface area contributed by atoms with Gasteiger partial charge in [-0.1, -0.05) is 0 Å². The summed E-state index contributed by atoms with van der Waals surface area (Å²) in [5, 5.41) is 41.4. The van der Waals surface area contributed by atoms with E-state index in [1.807, 2.05) is 0 Å². The van der Waals surface area contributed by atoms with E-state index in [-0.39, 0.29) is 29.9 Å². The SMILES string of the molecule is Cl.N=C(N)c1n[nH]c([C@@H]2O[C@H](CO)[C@@H](O)[C@H]2O)n1. The van der Waals surface area contributed by atoms with E-state index < -0.39 is 31.0 Å². The summed E-state index contributed by atoms with van der Waals surface area (Å²) >= 11 is 0. The van der Waals surface area contributed by atoms with Gasteiger partial charge in [-0.05, 0) is 0 Å². The van der Waals surface area contributed by atoms with Gasteiger partial charge in [0.15, 0.2) is 11.7 Å². The lowest BCUT2D eigenvalue weighted by Crippen LogP contribution is -2.32. The van der Waals surface area contributed by atoms with Gasteiger partial charge in [-0.25, -0.2) is 4.98 Å². The van der Waals surface area contributed by atoms with Crippen LogP contribution in [0.5, 0.6) is 0 Å². The van der Waals surface area contributed by atoms with Gasteiger partial charge in [-0.3, -0.25) is 10.5 Å². The van der Waals surface area contributed by atoms with Gasteiger partial charge < -0.3 is 25.8 Å². The van der Waals surface area contributed by atoms with Crippen molar-refractivity contribution < 1.29 is 20.1 Å². The lowest BCUT2D eigenvalue weighted by Gasteiger charge is -2.10. The molecule has 0 bridgehead atoms. The highest BCUT2D eigenvalue weighted by atomic mass is 35.5. The molecule has 18 heavy (non-hydrogen) atoms. The van der Waals surface area contributed by atoms with Gasteiger partial charge >= 0.3 is 0 Å². The number of halogens is 1. The van der Waals surface area contributed by atoms with Crippen molar-refractivity contribution in [3.8, 4) is 0 Å². The predicted octanol–water partition coefficient (Wildman–Crippen LogP) is -2.34. The van der Waals surface area contributed by atoms with E-state index in [1.54, 1.807) is 0 Å². The van der Waals surface area contributed by atoms with Crippen LogP contribution in [0.25, 0.3) is 0 Å². The van der Waals surface area contributed by atoms with Crippen LogP contribution in [-0.2, 0) is 4.74 Å². The maximum absolute atomic E-state index is 9.70. The summed E-state index contributed by atoms with van der Waals surface area (Å²) in [7, 11) is 0. The Balaban J connectivity index is 0.00000162. The molecule has 0 radical (unpaired) electrons. The molecule has 2 heterocycles. The van der Waals surface area contributed by atoms with Crippen molar-refractivity contribution >= 4 is 18.2 Å². The molecule has 102 valence electrons. The third-order valence-corrected chi connectivity index (χ3v) is 2.56. The molecule has 4 atom stereocenters. The summed E-state index contributed by atoms with van der Waals surface area (Å²) in [6, 6.07) is 0.